The van der Waals surface area contributed by atoms with E-state index in [9.17, 15) is 8.42 Å². The number of nitrogens with zero attached hydrogens (tertiary/aromatic N) is 1. The molecule has 1 heterocycles. The van der Waals surface area contributed by atoms with E-state index in [4.69, 9.17) is 0 Å². The Morgan fingerprint density at radius 1 is 0.408 bits per heavy atom. The molecular weight excluding hydrogens is 619 g/mol. The summed E-state index contributed by atoms with van der Waals surface area (Å²) in [5.41, 5.74) is 13.0. The molecule has 6 aromatic carbocycles. The molecule has 0 bridgehead atoms. The molecule has 0 fully saturated rings. The summed E-state index contributed by atoms with van der Waals surface area (Å²) in [4.78, 5) is 3.04. The average molecular weight is 660 g/mol. The molecule has 0 aromatic heterocycles. The molecule has 3 nitrogen and oxygen atoms in total. The molecule has 2 aliphatic rings. The number of rotatable bonds is 4. The Hall–Kier alpha value is -4.93. The van der Waals surface area contributed by atoms with Crippen LogP contribution in [0.15, 0.2) is 149 Å². The molecule has 0 saturated carbocycles. The van der Waals surface area contributed by atoms with Gasteiger partial charge in [0.2, 0.25) is 9.84 Å². The molecule has 0 N–H and O–H groups in total. The first kappa shape index (κ1) is 31.3. The minimum atomic E-state index is -3.58. The van der Waals surface area contributed by atoms with Crippen molar-refractivity contribution < 1.29 is 8.42 Å². The van der Waals surface area contributed by atoms with Gasteiger partial charge in [-0.05, 0) is 99.1 Å². The smallest absolute Gasteiger partial charge is 0.206 e. The van der Waals surface area contributed by atoms with E-state index < -0.39 is 9.84 Å². The van der Waals surface area contributed by atoms with E-state index in [0.717, 1.165) is 16.8 Å². The van der Waals surface area contributed by atoms with Crippen LogP contribution in [-0.2, 0) is 26.1 Å². The lowest BCUT2D eigenvalue weighted by Crippen LogP contribution is -2.37. The third-order valence-corrected chi connectivity index (χ3v) is 12.9. The van der Waals surface area contributed by atoms with Gasteiger partial charge in [-0.2, -0.15) is 0 Å². The second-order valence-corrected chi connectivity index (χ2v) is 17.0. The zero-order chi connectivity index (χ0) is 34.3. The largest absolute Gasteiger partial charge is 0.310 e. The third-order valence-electron chi connectivity index (χ3n) is 11.2. The van der Waals surface area contributed by atoms with Gasteiger partial charge in [0.25, 0.3) is 0 Å². The summed E-state index contributed by atoms with van der Waals surface area (Å²) in [6.45, 7) is 14.0. The monoisotopic (exact) mass is 659 g/mol. The minimum absolute atomic E-state index is 0.113. The van der Waals surface area contributed by atoms with E-state index >= 15 is 0 Å². The zero-order valence-electron chi connectivity index (χ0n) is 29.0. The molecule has 0 unspecified atom stereocenters. The Morgan fingerprint density at radius 2 is 0.857 bits per heavy atom. The Kier molecular flexibility index (Phi) is 6.90. The molecule has 6 aromatic rings. The van der Waals surface area contributed by atoms with Gasteiger partial charge in [-0.1, -0.05) is 126 Å². The fourth-order valence-corrected chi connectivity index (χ4v) is 9.60. The van der Waals surface area contributed by atoms with Gasteiger partial charge >= 0.3 is 0 Å². The number of fused-ring (bicyclic) bond motifs is 4. The fraction of sp³-hybridized carbons (Fsp3) is 0.200. The maximum absolute atomic E-state index is 13.3. The van der Waals surface area contributed by atoms with E-state index in [-0.39, 0.29) is 16.2 Å². The molecule has 0 atom stereocenters. The van der Waals surface area contributed by atoms with Gasteiger partial charge in [0.15, 0.2) is 0 Å². The molecular formula is C45H41NO2S. The van der Waals surface area contributed by atoms with Crippen LogP contribution < -0.4 is 4.90 Å². The van der Waals surface area contributed by atoms with Crippen LogP contribution in [-0.4, -0.2) is 8.42 Å². The van der Waals surface area contributed by atoms with Gasteiger partial charge in [-0.3, -0.25) is 0 Å². The van der Waals surface area contributed by atoms with Crippen molar-refractivity contribution >= 4 is 26.9 Å². The van der Waals surface area contributed by atoms with Crippen molar-refractivity contribution in [3.8, 4) is 11.1 Å². The normalized spacial score (nSPS) is 16.6. The molecule has 1 aliphatic carbocycles. The van der Waals surface area contributed by atoms with Crippen LogP contribution in [0, 0.1) is 0 Å². The maximum Gasteiger partial charge on any atom is 0.206 e. The van der Waals surface area contributed by atoms with Crippen LogP contribution in [0.1, 0.15) is 74.9 Å². The first-order valence-electron chi connectivity index (χ1n) is 17.0. The van der Waals surface area contributed by atoms with Gasteiger partial charge in [0.05, 0.1) is 21.2 Å². The Labute approximate surface area is 290 Å². The molecule has 8 rings (SSSR count). The van der Waals surface area contributed by atoms with Crippen LogP contribution >= 0.6 is 0 Å². The SMILES string of the molecule is CC1(C)c2ccccc2N(c2ccc3c(c2)C(C)(C)c2cc(-c4ccc(S(=O)(=O)c5ccccc5)cc4)ccc2C3(C)C)c2ccccc21. The Balaban J connectivity index is 1.22. The van der Waals surface area contributed by atoms with E-state index in [2.05, 4.69) is 131 Å². The molecule has 0 amide bonds. The van der Waals surface area contributed by atoms with E-state index in [1.54, 1.807) is 36.4 Å². The lowest BCUT2D eigenvalue weighted by atomic mass is 9.59. The number of anilines is 3. The summed E-state index contributed by atoms with van der Waals surface area (Å²) >= 11 is 0. The molecule has 0 radical (unpaired) electrons. The highest BCUT2D eigenvalue weighted by Crippen LogP contribution is 2.55. The summed E-state index contributed by atoms with van der Waals surface area (Å²) in [7, 11) is -3.58. The summed E-state index contributed by atoms with van der Waals surface area (Å²) in [6, 6.07) is 47.4. The molecule has 0 spiro atoms. The maximum atomic E-state index is 13.3. The fourth-order valence-electron chi connectivity index (χ4n) is 8.32. The number of benzene rings is 6. The summed E-state index contributed by atoms with van der Waals surface area (Å²) in [5.74, 6) is 0. The van der Waals surface area contributed by atoms with Crippen LogP contribution in [0.2, 0.25) is 0 Å². The topological polar surface area (TPSA) is 37.4 Å². The van der Waals surface area contributed by atoms with Gasteiger partial charge in [0, 0.05) is 21.9 Å². The van der Waals surface area contributed by atoms with Gasteiger partial charge in [0.1, 0.15) is 0 Å². The van der Waals surface area contributed by atoms with Crippen molar-refractivity contribution in [3.05, 3.63) is 173 Å². The van der Waals surface area contributed by atoms with Crippen molar-refractivity contribution in [1.82, 2.24) is 0 Å². The highest BCUT2D eigenvalue weighted by atomic mass is 32.2. The molecule has 49 heavy (non-hydrogen) atoms. The second-order valence-electron chi connectivity index (χ2n) is 15.1. The molecule has 244 valence electrons. The van der Waals surface area contributed by atoms with Gasteiger partial charge in [-0.25, -0.2) is 8.42 Å². The van der Waals surface area contributed by atoms with E-state index in [1.165, 1.54) is 44.8 Å². The van der Waals surface area contributed by atoms with Crippen molar-refractivity contribution in [2.24, 2.45) is 0 Å². The lowest BCUT2D eigenvalue weighted by Gasteiger charge is -2.46. The first-order valence-corrected chi connectivity index (χ1v) is 18.5. The summed E-state index contributed by atoms with van der Waals surface area (Å²) < 4.78 is 26.5. The number of hydrogen-bond acceptors (Lipinski definition) is 3. The van der Waals surface area contributed by atoms with Crippen molar-refractivity contribution in [2.45, 2.75) is 67.6 Å². The van der Waals surface area contributed by atoms with Crippen molar-refractivity contribution in [1.29, 1.82) is 0 Å². The standard InChI is InChI=1S/C45H41NO2S/c1-43(2)35-26-22-31(30-20-24-34(25-21-30)49(47,48)33-14-8-7-9-15-33)28-39(35)45(5,6)40-29-32(23-27-36(40)43)46-41-18-12-10-16-37(41)44(3,4)38-17-11-13-19-42(38)46/h7-29H,1-6H3. The van der Waals surface area contributed by atoms with Gasteiger partial charge < -0.3 is 4.90 Å². The van der Waals surface area contributed by atoms with Gasteiger partial charge in [-0.15, -0.1) is 0 Å². The highest BCUT2D eigenvalue weighted by Gasteiger charge is 2.43. The Bertz CT molecular complexity index is 2320. The Morgan fingerprint density at radius 3 is 1.47 bits per heavy atom. The van der Waals surface area contributed by atoms with E-state index in [0.29, 0.717) is 9.79 Å². The predicted octanol–water partition coefficient (Wildman–Crippen LogP) is 11.3. The third kappa shape index (κ3) is 4.64. The van der Waals surface area contributed by atoms with Crippen molar-refractivity contribution in [3.63, 3.8) is 0 Å². The number of para-hydroxylation sites is 2. The molecule has 1 aliphatic heterocycles. The van der Waals surface area contributed by atoms with Crippen LogP contribution in [0.25, 0.3) is 11.1 Å². The van der Waals surface area contributed by atoms with Crippen LogP contribution in [0.4, 0.5) is 17.1 Å². The minimum Gasteiger partial charge on any atom is -0.310 e. The molecule has 4 heteroatoms. The van der Waals surface area contributed by atoms with Crippen LogP contribution in [0.5, 0.6) is 0 Å². The number of hydrogen-bond donors (Lipinski definition) is 0. The van der Waals surface area contributed by atoms with Crippen molar-refractivity contribution in [2.75, 3.05) is 4.90 Å². The van der Waals surface area contributed by atoms with E-state index in [1.807, 2.05) is 18.2 Å². The lowest BCUT2D eigenvalue weighted by molar-refractivity contribution is 0.521. The predicted molar refractivity (Wildman–Crippen MR) is 201 cm³/mol. The molecule has 0 saturated heterocycles. The average Bonchev–Trinajstić information content (AvgIpc) is 3.11. The first-order chi connectivity index (χ1) is 23.3. The zero-order valence-corrected chi connectivity index (χ0v) is 29.8. The summed E-state index contributed by atoms with van der Waals surface area (Å²) in [5, 5.41) is 0. The van der Waals surface area contributed by atoms with Crippen LogP contribution in [0.3, 0.4) is 0 Å². The highest BCUT2D eigenvalue weighted by molar-refractivity contribution is 7.91. The quantitative estimate of drug-likeness (QED) is 0.189. The number of sulfone groups is 1. The summed E-state index contributed by atoms with van der Waals surface area (Å²) in [6.07, 6.45) is 0. The second kappa shape index (κ2) is 10.8.